The van der Waals surface area contributed by atoms with Crippen LogP contribution in [0.15, 0.2) is 36.7 Å². The molecule has 2 heterocycles. The summed E-state index contributed by atoms with van der Waals surface area (Å²) in [5.74, 6) is 1.04. The van der Waals surface area contributed by atoms with Crippen molar-refractivity contribution < 1.29 is 4.74 Å². The van der Waals surface area contributed by atoms with Gasteiger partial charge in [-0.2, -0.15) is 0 Å². The SMILES string of the molecule is CNC(c1cncc(C)c1)c1cccc2c1OCC2. The molecule has 3 rings (SSSR count). The highest BCUT2D eigenvalue weighted by molar-refractivity contribution is 5.48. The fraction of sp³-hybridized carbons (Fsp3) is 0.312. The smallest absolute Gasteiger partial charge is 0.127 e. The maximum Gasteiger partial charge on any atom is 0.127 e. The lowest BCUT2D eigenvalue weighted by molar-refractivity contribution is 0.351. The number of hydrogen-bond donors (Lipinski definition) is 1. The zero-order valence-electron chi connectivity index (χ0n) is 11.3. The molecule has 0 amide bonds. The Bertz CT molecular complexity index is 595. The number of hydrogen-bond acceptors (Lipinski definition) is 3. The molecule has 0 fully saturated rings. The molecule has 1 N–H and O–H groups in total. The van der Waals surface area contributed by atoms with E-state index < -0.39 is 0 Å². The molecule has 98 valence electrons. The van der Waals surface area contributed by atoms with Gasteiger partial charge in [-0.3, -0.25) is 4.98 Å². The predicted molar refractivity (Wildman–Crippen MR) is 75.5 cm³/mol. The van der Waals surface area contributed by atoms with E-state index in [9.17, 15) is 0 Å². The molecule has 1 aromatic carbocycles. The number of pyridine rings is 1. The minimum absolute atomic E-state index is 0.125. The van der Waals surface area contributed by atoms with Gasteiger partial charge in [-0.25, -0.2) is 0 Å². The maximum atomic E-state index is 5.80. The van der Waals surface area contributed by atoms with Gasteiger partial charge in [0.1, 0.15) is 5.75 Å². The molecule has 0 saturated heterocycles. The van der Waals surface area contributed by atoms with Crippen LogP contribution in [0, 0.1) is 6.92 Å². The van der Waals surface area contributed by atoms with E-state index in [2.05, 4.69) is 41.5 Å². The van der Waals surface area contributed by atoms with Crippen LogP contribution in [-0.2, 0) is 6.42 Å². The summed E-state index contributed by atoms with van der Waals surface area (Å²) in [5, 5.41) is 3.37. The molecule has 1 aromatic heterocycles. The van der Waals surface area contributed by atoms with E-state index in [1.165, 1.54) is 22.3 Å². The van der Waals surface area contributed by atoms with Crippen molar-refractivity contribution in [1.29, 1.82) is 0 Å². The summed E-state index contributed by atoms with van der Waals surface area (Å²) in [6, 6.07) is 8.68. The number of rotatable bonds is 3. The molecule has 1 aliphatic rings. The first-order valence-electron chi connectivity index (χ1n) is 6.63. The lowest BCUT2D eigenvalue weighted by atomic mass is 9.96. The molecular weight excluding hydrogens is 236 g/mol. The molecule has 0 spiro atoms. The Labute approximate surface area is 113 Å². The van der Waals surface area contributed by atoms with Crippen molar-refractivity contribution in [3.8, 4) is 5.75 Å². The van der Waals surface area contributed by atoms with Crippen LogP contribution < -0.4 is 10.1 Å². The minimum atomic E-state index is 0.125. The van der Waals surface area contributed by atoms with Crippen LogP contribution >= 0.6 is 0 Å². The molecule has 0 saturated carbocycles. The van der Waals surface area contributed by atoms with Gasteiger partial charge in [0.15, 0.2) is 0 Å². The number of para-hydroxylation sites is 1. The van der Waals surface area contributed by atoms with Gasteiger partial charge in [0, 0.05) is 24.4 Å². The lowest BCUT2D eigenvalue weighted by Gasteiger charge is -2.19. The van der Waals surface area contributed by atoms with Gasteiger partial charge in [-0.1, -0.05) is 24.3 Å². The fourth-order valence-electron chi connectivity index (χ4n) is 2.71. The molecule has 1 aliphatic heterocycles. The molecule has 2 aromatic rings. The van der Waals surface area contributed by atoms with Gasteiger partial charge in [-0.15, -0.1) is 0 Å². The van der Waals surface area contributed by atoms with Crippen LogP contribution in [0.2, 0.25) is 0 Å². The highest BCUT2D eigenvalue weighted by atomic mass is 16.5. The van der Waals surface area contributed by atoms with E-state index in [0.717, 1.165) is 18.8 Å². The quantitative estimate of drug-likeness (QED) is 0.914. The largest absolute Gasteiger partial charge is 0.493 e. The van der Waals surface area contributed by atoms with Crippen LogP contribution in [0.25, 0.3) is 0 Å². The molecule has 1 atom stereocenters. The van der Waals surface area contributed by atoms with Gasteiger partial charge < -0.3 is 10.1 Å². The van der Waals surface area contributed by atoms with Crippen molar-refractivity contribution in [3.63, 3.8) is 0 Å². The van der Waals surface area contributed by atoms with Crippen LogP contribution in [0.1, 0.15) is 28.3 Å². The molecule has 1 unspecified atom stereocenters. The summed E-state index contributed by atoms with van der Waals surface area (Å²) in [4.78, 5) is 4.29. The number of aromatic nitrogens is 1. The van der Waals surface area contributed by atoms with E-state index in [1.807, 2.05) is 19.4 Å². The van der Waals surface area contributed by atoms with Crippen molar-refractivity contribution in [2.24, 2.45) is 0 Å². The van der Waals surface area contributed by atoms with Gasteiger partial charge >= 0.3 is 0 Å². The number of aryl methyl sites for hydroxylation is 1. The Morgan fingerprint density at radius 1 is 1.32 bits per heavy atom. The summed E-state index contributed by atoms with van der Waals surface area (Å²) in [5.41, 5.74) is 4.85. The Morgan fingerprint density at radius 3 is 3.00 bits per heavy atom. The van der Waals surface area contributed by atoms with E-state index in [0.29, 0.717) is 0 Å². The summed E-state index contributed by atoms with van der Waals surface area (Å²) in [6.45, 7) is 2.85. The van der Waals surface area contributed by atoms with Gasteiger partial charge in [0.2, 0.25) is 0 Å². The van der Waals surface area contributed by atoms with E-state index >= 15 is 0 Å². The molecule has 0 bridgehead atoms. The lowest BCUT2D eigenvalue weighted by Crippen LogP contribution is -2.18. The average Bonchev–Trinajstić information content (AvgIpc) is 2.89. The van der Waals surface area contributed by atoms with Crippen molar-refractivity contribution >= 4 is 0 Å². The van der Waals surface area contributed by atoms with Crippen LogP contribution in [0.3, 0.4) is 0 Å². The van der Waals surface area contributed by atoms with E-state index in [4.69, 9.17) is 4.74 Å². The molecule has 3 heteroatoms. The topological polar surface area (TPSA) is 34.2 Å². The average molecular weight is 254 g/mol. The Hall–Kier alpha value is -1.87. The Morgan fingerprint density at radius 2 is 2.21 bits per heavy atom. The first kappa shape index (κ1) is 12.2. The fourth-order valence-corrected chi connectivity index (χ4v) is 2.71. The molecule has 0 radical (unpaired) electrons. The van der Waals surface area contributed by atoms with Crippen molar-refractivity contribution in [2.75, 3.05) is 13.7 Å². The summed E-state index contributed by atoms with van der Waals surface area (Å²) in [6.07, 6.45) is 4.80. The zero-order chi connectivity index (χ0) is 13.2. The van der Waals surface area contributed by atoms with E-state index in [-0.39, 0.29) is 6.04 Å². The predicted octanol–water partition coefficient (Wildman–Crippen LogP) is 2.63. The number of fused-ring (bicyclic) bond motifs is 1. The second-order valence-electron chi connectivity index (χ2n) is 4.95. The number of benzene rings is 1. The summed E-state index contributed by atoms with van der Waals surface area (Å²) < 4.78 is 5.80. The van der Waals surface area contributed by atoms with Crippen LogP contribution in [-0.4, -0.2) is 18.6 Å². The maximum absolute atomic E-state index is 5.80. The van der Waals surface area contributed by atoms with Crippen LogP contribution in [0.4, 0.5) is 0 Å². The van der Waals surface area contributed by atoms with Crippen molar-refractivity contribution in [3.05, 3.63) is 58.9 Å². The van der Waals surface area contributed by atoms with Gasteiger partial charge in [-0.05, 0) is 30.7 Å². The highest BCUT2D eigenvalue weighted by Crippen LogP contribution is 2.35. The second-order valence-corrected chi connectivity index (χ2v) is 4.95. The monoisotopic (exact) mass is 254 g/mol. The number of ether oxygens (including phenoxy) is 1. The normalized spacial score (nSPS) is 14.8. The third-order valence-corrected chi connectivity index (χ3v) is 3.57. The first-order chi connectivity index (χ1) is 9.29. The molecule has 19 heavy (non-hydrogen) atoms. The minimum Gasteiger partial charge on any atom is -0.493 e. The van der Waals surface area contributed by atoms with Gasteiger partial charge in [0.05, 0.1) is 12.6 Å². The van der Waals surface area contributed by atoms with Crippen LogP contribution in [0.5, 0.6) is 5.75 Å². The number of nitrogens with zero attached hydrogens (tertiary/aromatic N) is 1. The second kappa shape index (κ2) is 5.02. The Balaban J connectivity index is 2.06. The standard InChI is InChI=1S/C16H18N2O/c1-11-8-13(10-18-9-11)15(17-2)14-5-3-4-12-6-7-19-16(12)14/h3-5,8-10,15,17H,6-7H2,1-2H3. The van der Waals surface area contributed by atoms with Gasteiger partial charge in [0.25, 0.3) is 0 Å². The zero-order valence-corrected chi connectivity index (χ0v) is 11.3. The first-order valence-corrected chi connectivity index (χ1v) is 6.63. The summed E-state index contributed by atoms with van der Waals surface area (Å²) >= 11 is 0. The highest BCUT2D eigenvalue weighted by Gasteiger charge is 2.22. The molecule has 0 aliphatic carbocycles. The molecular formula is C16H18N2O. The van der Waals surface area contributed by atoms with Crippen molar-refractivity contribution in [2.45, 2.75) is 19.4 Å². The van der Waals surface area contributed by atoms with E-state index in [1.54, 1.807) is 0 Å². The third-order valence-electron chi connectivity index (χ3n) is 3.57. The number of nitrogens with one attached hydrogen (secondary N) is 1. The van der Waals surface area contributed by atoms with Crippen molar-refractivity contribution in [1.82, 2.24) is 10.3 Å². The Kier molecular flexibility index (Phi) is 3.22. The third kappa shape index (κ3) is 2.22. The molecule has 3 nitrogen and oxygen atoms in total. The summed E-state index contributed by atoms with van der Waals surface area (Å²) in [7, 11) is 1.97.